The fraction of sp³-hybridized carbons (Fsp3) is 1.00. The van der Waals surface area contributed by atoms with Gasteiger partial charge in [0.15, 0.2) is 0 Å². The highest BCUT2D eigenvalue weighted by atomic mass is 32.2. The summed E-state index contributed by atoms with van der Waals surface area (Å²) in [4.78, 5) is 0. The van der Waals surface area contributed by atoms with E-state index in [9.17, 15) is 13.5 Å². The second-order valence-corrected chi connectivity index (χ2v) is 6.74. The van der Waals surface area contributed by atoms with Crippen molar-refractivity contribution >= 4 is 10.2 Å². The van der Waals surface area contributed by atoms with Gasteiger partial charge in [-0.05, 0) is 12.8 Å². The van der Waals surface area contributed by atoms with Crippen molar-refractivity contribution in [1.29, 1.82) is 0 Å². The minimum absolute atomic E-state index is 0.125. The van der Waals surface area contributed by atoms with Crippen LogP contribution in [0.3, 0.4) is 0 Å². The SMILES string of the molecule is CCN(C)S(=O)(=O)NCC1(O)CCCCCC1. The number of nitrogens with zero attached hydrogens (tertiary/aromatic N) is 1. The Kier molecular flexibility index (Phi) is 5.37. The Morgan fingerprint density at radius 2 is 1.76 bits per heavy atom. The summed E-state index contributed by atoms with van der Waals surface area (Å²) in [6, 6.07) is 0. The Morgan fingerprint density at radius 1 is 1.24 bits per heavy atom. The van der Waals surface area contributed by atoms with Gasteiger partial charge in [0.1, 0.15) is 0 Å². The first-order chi connectivity index (χ1) is 7.90. The Balaban J connectivity index is 2.53. The van der Waals surface area contributed by atoms with E-state index in [1.165, 1.54) is 11.4 Å². The van der Waals surface area contributed by atoms with E-state index in [4.69, 9.17) is 0 Å². The van der Waals surface area contributed by atoms with Crippen molar-refractivity contribution in [1.82, 2.24) is 9.03 Å². The van der Waals surface area contributed by atoms with Crippen LogP contribution in [0.15, 0.2) is 0 Å². The van der Waals surface area contributed by atoms with Crippen LogP contribution in [0.4, 0.5) is 0 Å². The van der Waals surface area contributed by atoms with Crippen LogP contribution in [0.1, 0.15) is 45.4 Å². The Bertz CT molecular complexity index is 322. The lowest BCUT2D eigenvalue weighted by Gasteiger charge is -2.27. The van der Waals surface area contributed by atoms with Gasteiger partial charge in [0.2, 0.25) is 0 Å². The van der Waals surface area contributed by atoms with Gasteiger partial charge in [-0.2, -0.15) is 17.4 Å². The number of nitrogens with one attached hydrogen (secondary N) is 1. The molecule has 0 saturated heterocycles. The van der Waals surface area contributed by atoms with Gasteiger partial charge in [-0.3, -0.25) is 0 Å². The summed E-state index contributed by atoms with van der Waals surface area (Å²) in [5.74, 6) is 0. The van der Waals surface area contributed by atoms with E-state index in [1.54, 1.807) is 6.92 Å². The highest BCUT2D eigenvalue weighted by molar-refractivity contribution is 7.87. The van der Waals surface area contributed by atoms with Crippen LogP contribution in [-0.2, 0) is 10.2 Å². The molecule has 0 unspecified atom stereocenters. The molecular formula is C11H24N2O3S. The Labute approximate surface area is 104 Å². The molecule has 0 atom stereocenters. The molecule has 2 N–H and O–H groups in total. The molecule has 1 saturated carbocycles. The first-order valence-corrected chi connectivity index (χ1v) is 7.77. The second kappa shape index (κ2) is 6.13. The molecule has 0 heterocycles. The van der Waals surface area contributed by atoms with Crippen LogP contribution in [0.5, 0.6) is 0 Å². The highest BCUT2D eigenvalue weighted by Gasteiger charge is 2.30. The third-order valence-corrected chi connectivity index (χ3v) is 5.06. The van der Waals surface area contributed by atoms with Crippen LogP contribution in [-0.4, -0.2) is 43.6 Å². The van der Waals surface area contributed by atoms with Gasteiger partial charge in [-0.1, -0.05) is 32.6 Å². The number of rotatable bonds is 5. The fourth-order valence-corrected chi connectivity index (χ4v) is 3.08. The number of aliphatic hydroxyl groups is 1. The van der Waals surface area contributed by atoms with Crippen molar-refractivity contribution in [2.45, 2.75) is 51.0 Å². The van der Waals surface area contributed by atoms with Gasteiger partial charge in [-0.25, -0.2) is 0 Å². The molecule has 17 heavy (non-hydrogen) atoms. The Hall–Kier alpha value is -0.170. The van der Waals surface area contributed by atoms with E-state index in [1.807, 2.05) is 0 Å². The van der Waals surface area contributed by atoms with Crippen molar-refractivity contribution in [2.75, 3.05) is 20.1 Å². The fourth-order valence-electron chi connectivity index (χ4n) is 2.07. The summed E-state index contributed by atoms with van der Waals surface area (Å²) in [5, 5.41) is 10.3. The molecule has 1 aliphatic rings. The zero-order chi connectivity index (χ0) is 12.9. The van der Waals surface area contributed by atoms with Gasteiger partial charge >= 0.3 is 0 Å². The molecule has 0 spiro atoms. The van der Waals surface area contributed by atoms with Gasteiger partial charge in [0.05, 0.1) is 5.60 Å². The van der Waals surface area contributed by atoms with Crippen LogP contribution in [0.2, 0.25) is 0 Å². The lowest BCUT2D eigenvalue weighted by atomic mass is 9.95. The third-order valence-electron chi connectivity index (χ3n) is 3.47. The Morgan fingerprint density at radius 3 is 2.24 bits per heavy atom. The van der Waals surface area contributed by atoms with Gasteiger partial charge < -0.3 is 5.11 Å². The van der Waals surface area contributed by atoms with Gasteiger partial charge in [0, 0.05) is 20.1 Å². The average Bonchev–Trinajstić information content (AvgIpc) is 2.51. The molecule has 0 aromatic heterocycles. The summed E-state index contributed by atoms with van der Waals surface area (Å²) < 4.78 is 27.2. The normalized spacial score (nSPS) is 21.4. The molecule has 1 aliphatic carbocycles. The molecule has 0 radical (unpaired) electrons. The topological polar surface area (TPSA) is 69.6 Å². The average molecular weight is 264 g/mol. The standard InChI is InChI=1S/C11H24N2O3S/c1-3-13(2)17(15,16)12-10-11(14)8-6-4-5-7-9-11/h12,14H,3-10H2,1-2H3. The molecule has 0 aromatic carbocycles. The van der Waals surface area contributed by atoms with E-state index in [0.29, 0.717) is 19.4 Å². The van der Waals surface area contributed by atoms with E-state index in [-0.39, 0.29) is 6.54 Å². The van der Waals surface area contributed by atoms with Crippen molar-refractivity contribution in [3.8, 4) is 0 Å². The van der Waals surface area contributed by atoms with Crippen molar-refractivity contribution in [2.24, 2.45) is 0 Å². The maximum atomic E-state index is 11.7. The molecule has 0 amide bonds. The van der Waals surface area contributed by atoms with Crippen molar-refractivity contribution < 1.29 is 13.5 Å². The second-order valence-electron chi connectivity index (χ2n) is 4.88. The lowest BCUT2D eigenvalue weighted by molar-refractivity contribution is 0.0300. The summed E-state index contributed by atoms with van der Waals surface area (Å²) in [7, 11) is -1.91. The predicted molar refractivity (Wildman–Crippen MR) is 67.9 cm³/mol. The zero-order valence-electron chi connectivity index (χ0n) is 10.8. The molecule has 0 bridgehead atoms. The minimum atomic E-state index is -3.44. The molecule has 6 heteroatoms. The van der Waals surface area contributed by atoms with Crippen LogP contribution in [0, 0.1) is 0 Å². The van der Waals surface area contributed by atoms with E-state index in [0.717, 1.165) is 25.7 Å². The number of hydrogen-bond donors (Lipinski definition) is 2. The predicted octanol–water partition coefficient (Wildman–Crippen LogP) is 0.858. The molecule has 1 fully saturated rings. The van der Waals surface area contributed by atoms with Gasteiger partial charge in [0.25, 0.3) is 10.2 Å². The van der Waals surface area contributed by atoms with E-state index >= 15 is 0 Å². The molecule has 5 nitrogen and oxygen atoms in total. The molecule has 1 rings (SSSR count). The van der Waals surface area contributed by atoms with Crippen molar-refractivity contribution in [3.05, 3.63) is 0 Å². The first-order valence-electron chi connectivity index (χ1n) is 6.33. The molecule has 0 aliphatic heterocycles. The number of hydrogen-bond acceptors (Lipinski definition) is 3. The van der Waals surface area contributed by atoms with Crippen LogP contribution >= 0.6 is 0 Å². The quantitative estimate of drug-likeness (QED) is 0.724. The maximum absolute atomic E-state index is 11.7. The lowest BCUT2D eigenvalue weighted by Crippen LogP contribution is -2.47. The highest BCUT2D eigenvalue weighted by Crippen LogP contribution is 2.26. The van der Waals surface area contributed by atoms with Gasteiger partial charge in [-0.15, -0.1) is 0 Å². The largest absolute Gasteiger partial charge is 0.389 e. The van der Waals surface area contributed by atoms with Crippen LogP contribution < -0.4 is 4.72 Å². The van der Waals surface area contributed by atoms with Crippen LogP contribution in [0.25, 0.3) is 0 Å². The van der Waals surface area contributed by atoms with E-state index in [2.05, 4.69) is 4.72 Å². The van der Waals surface area contributed by atoms with Crippen molar-refractivity contribution in [3.63, 3.8) is 0 Å². The summed E-state index contributed by atoms with van der Waals surface area (Å²) in [6.07, 6.45) is 5.58. The monoisotopic (exact) mass is 264 g/mol. The zero-order valence-corrected chi connectivity index (χ0v) is 11.6. The maximum Gasteiger partial charge on any atom is 0.279 e. The first kappa shape index (κ1) is 14.9. The molecular weight excluding hydrogens is 240 g/mol. The third kappa shape index (κ3) is 4.54. The summed E-state index contributed by atoms with van der Waals surface area (Å²) in [6.45, 7) is 2.33. The minimum Gasteiger partial charge on any atom is -0.389 e. The summed E-state index contributed by atoms with van der Waals surface area (Å²) in [5.41, 5.74) is -0.863. The molecule has 0 aromatic rings. The smallest absolute Gasteiger partial charge is 0.279 e. The molecule has 102 valence electrons. The van der Waals surface area contributed by atoms with E-state index < -0.39 is 15.8 Å². The summed E-state index contributed by atoms with van der Waals surface area (Å²) >= 11 is 0.